The zero-order valence-electron chi connectivity index (χ0n) is 10.9. The number of hydrogen-bond donors (Lipinski definition) is 2. The molecule has 18 heavy (non-hydrogen) atoms. The lowest BCUT2D eigenvalue weighted by atomic mass is 10.1. The molecule has 0 bridgehead atoms. The van der Waals surface area contributed by atoms with Gasteiger partial charge in [0.1, 0.15) is 0 Å². The molecule has 3 N–H and O–H groups in total. The minimum atomic E-state index is -0.482. The van der Waals surface area contributed by atoms with Crippen LogP contribution in [0.25, 0.3) is 0 Å². The Balaban J connectivity index is 2.90. The van der Waals surface area contributed by atoms with Crippen LogP contribution in [0.1, 0.15) is 25.0 Å². The van der Waals surface area contributed by atoms with Crippen LogP contribution in [0.4, 0.5) is 10.5 Å². The number of rotatable bonds is 2. The number of carbonyl (C=O) groups is 1. The topological polar surface area (TPSA) is 64.3 Å². The summed E-state index contributed by atoms with van der Waals surface area (Å²) in [4.78, 5) is 11.5. The molecule has 4 nitrogen and oxygen atoms in total. The molecule has 0 spiro atoms. The Hall–Kier alpha value is -1.99. The van der Waals surface area contributed by atoms with E-state index in [1.165, 1.54) is 0 Å². The Morgan fingerprint density at radius 2 is 2.22 bits per heavy atom. The van der Waals surface area contributed by atoms with Crippen LogP contribution in [-0.2, 0) is 4.74 Å². The van der Waals surface area contributed by atoms with Crippen molar-refractivity contribution in [1.29, 1.82) is 0 Å². The summed E-state index contributed by atoms with van der Waals surface area (Å²) in [5.74, 6) is 5.70. The summed E-state index contributed by atoms with van der Waals surface area (Å²) in [6.45, 7) is 5.83. The summed E-state index contributed by atoms with van der Waals surface area (Å²) in [6.07, 6.45) is -0.640. The van der Waals surface area contributed by atoms with Gasteiger partial charge in [0.25, 0.3) is 0 Å². The minimum Gasteiger partial charge on any atom is -0.447 e. The van der Waals surface area contributed by atoms with Gasteiger partial charge in [-0.15, -0.1) is 0 Å². The van der Waals surface area contributed by atoms with Crippen LogP contribution in [0.3, 0.4) is 0 Å². The van der Waals surface area contributed by atoms with Gasteiger partial charge in [0, 0.05) is 5.56 Å². The molecule has 1 rings (SSSR count). The van der Waals surface area contributed by atoms with Gasteiger partial charge in [0.2, 0.25) is 0 Å². The highest BCUT2D eigenvalue weighted by molar-refractivity contribution is 5.86. The lowest BCUT2D eigenvalue weighted by molar-refractivity contribution is 0.130. The number of carbonyl (C=O) groups excluding carboxylic acids is 1. The first kappa shape index (κ1) is 14.1. The van der Waals surface area contributed by atoms with Gasteiger partial charge in [-0.2, -0.15) is 0 Å². The highest BCUT2D eigenvalue weighted by Gasteiger charge is 2.08. The lowest BCUT2D eigenvalue weighted by Crippen LogP contribution is -2.18. The largest absolute Gasteiger partial charge is 0.447 e. The molecule has 4 heteroatoms. The van der Waals surface area contributed by atoms with Gasteiger partial charge in [0.05, 0.1) is 18.3 Å². The molecule has 0 aliphatic heterocycles. The fraction of sp³-hybridized carbons (Fsp3) is 0.357. The molecular formula is C14H18N2O2. The summed E-state index contributed by atoms with van der Waals surface area (Å²) < 4.78 is 5.02. The fourth-order valence-electron chi connectivity index (χ4n) is 1.37. The van der Waals surface area contributed by atoms with E-state index in [1.54, 1.807) is 19.9 Å². The third-order valence-electron chi connectivity index (χ3n) is 2.08. The monoisotopic (exact) mass is 246 g/mol. The molecule has 0 atom stereocenters. The van der Waals surface area contributed by atoms with Crippen LogP contribution < -0.4 is 11.1 Å². The molecule has 0 saturated heterocycles. The first-order valence-corrected chi connectivity index (χ1v) is 5.80. The molecule has 1 aromatic carbocycles. The van der Waals surface area contributed by atoms with E-state index in [1.807, 2.05) is 19.1 Å². The Morgan fingerprint density at radius 3 is 2.83 bits per heavy atom. The summed E-state index contributed by atoms with van der Waals surface area (Å²) >= 11 is 0. The number of benzene rings is 1. The maximum atomic E-state index is 11.5. The molecule has 0 aliphatic carbocycles. The maximum absolute atomic E-state index is 11.5. The van der Waals surface area contributed by atoms with Gasteiger partial charge >= 0.3 is 6.09 Å². The second-order valence-corrected chi connectivity index (χ2v) is 4.13. The molecule has 0 aliphatic rings. The van der Waals surface area contributed by atoms with Crippen molar-refractivity contribution in [3.05, 3.63) is 29.3 Å². The minimum absolute atomic E-state index is 0.158. The van der Waals surface area contributed by atoms with Crippen molar-refractivity contribution < 1.29 is 9.53 Å². The number of nitrogens with one attached hydrogen (secondary N) is 1. The first-order valence-electron chi connectivity index (χ1n) is 5.80. The number of nitrogens with two attached hydrogens (primary N) is 1. The Morgan fingerprint density at radius 1 is 1.50 bits per heavy atom. The molecule has 1 aromatic rings. The highest BCUT2D eigenvalue weighted by Crippen LogP contribution is 2.16. The third-order valence-corrected chi connectivity index (χ3v) is 2.08. The number of aryl methyl sites for hydroxylation is 1. The van der Waals surface area contributed by atoms with Gasteiger partial charge < -0.3 is 10.5 Å². The predicted octanol–water partition coefficient (Wildman–Crippen LogP) is 2.26. The fourth-order valence-corrected chi connectivity index (χ4v) is 1.37. The van der Waals surface area contributed by atoms with Gasteiger partial charge in [-0.1, -0.05) is 17.9 Å². The number of amides is 1. The van der Waals surface area contributed by atoms with Crippen molar-refractivity contribution in [1.82, 2.24) is 0 Å². The van der Waals surface area contributed by atoms with E-state index in [4.69, 9.17) is 10.5 Å². The Bertz CT molecular complexity index is 484. The number of anilines is 1. The van der Waals surface area contributed by atoms with E-state index in [9.17, 15) is 4.79 Å². The molecule has 0 radical (unpaired) electrons. The van der Waals surface area contributed by atoms with Crippen molar-refractivity contribution in [2.24, 2.45) is 5.73 Å². The zero-order chi connectivity index (χ0) is 13.5. The average Bonchev–Trinajstić information content (AvgIpc) is 2.28. The SMILES string of the molecule is Cc1ccc(NC(=O)OC(C)C)c(C#CCN)c1. The number of ether oxygens (including phenoxy) is 1. The van der Waals surface area contributed by atoms with E-state index in [0.29, 0.717) is 5.69 Å². The van der Waals surface area contributed by atoms with Crippen molar-refractivity contribution in [2.75, 3.05) is 11.9 Å². The van der Waals surface area contributed by atoms with E-state index in [-0.39, 0.29) is 12.6 Å². The quantitative estimate of drug-likeness (QED) is 0.787. The number of hydrogen-bond acceptors (Lipinski definition) is 3. The highest BCUT2D eigenvalue weighted by atomic mass is 16.6. The summed E-state index contributed by atoms with van der Waals surface area (Å²) in [7, 11) is 0. The van der Waals surface area contributed by atoms with Crippen LogP contribution in [0.5, 0.6) is 0 Å². The average molecular weight is 246 g/mol. The van der Waals surface area contributed by atoms with Gasteiger partial charge in [-0.05, 0) is 38.5 Å². The van der Waals surface area contributed by atoms with Gasteiger partial charge in [-0.3, -0.25) is 5.32 Å². The molecule has 0 fully saturated rings. The summed E-state index contributed by atoms with van der Waals surface area (Å²) in [5, 5.41) is 2.67. The van der Waals surface area contributed by atoms with Crippen molar-refractivity contribution in [2.45, 2.75) is 26.9 Å². The Labute approximate surface area is 108 Å². The summed E-state index contributed by atoms with van der Waals surface area (Å²) in [6, 6.07) is 5.60. The smallest absolute Gasteiger partial charge is 0.411 e. The molecule has 0 saturated carbocycles. The van der Waals surface area contributed by atoms with Crippen LogP contribution in [0, 0.1) is 18.8 Å². The van der Waals surface area contributed by atoms with E-state index >= 15 is 0 Å². The Kier molecular flexibility index (Phi) is 5.22. The van der Waals surface area contributed by atoms with E-state index in [0.717, 1.165) is 11.1 Å². The van der Waals surface area contributed by atoms with Crippen LogP contribution in [0.15, 0.2) is 18.2 Å². The van der Waals surface area contributed by atoms with Gasteiger partial charge in [-0.25, -0.2) is 4.79 Å². The van der Waals surface area contributed by atoms with E-state index in [2.05, 4.69) is 17.2 Å². The molecule has 1 amide bonds. The molecule has 0 heterocycles. The van der Waals surface area contributed by atoms with Crippen LogP contribution >= 0.6 is 0 Å². The van der Waals surface area contributed by atoms with Gasteiger partial charge in [0.15, 0.2) is 0 Å². The first-order chi connectivity index (χ1) is 8.52. The van der Waals surface area contributed by atoms with Crippen molar-refractivity contribution in [3.8, 4) is 11.8 Å². The zero-order valence-corrected chi connectivity index (χ0v) is 10.9. The van der Waals surface area contributed by atoms with Crippen molar-refractivity contribution in [3.63, 3.8) is 0 Å². The second kappa shape index (κ2) is 6.67. The molecule has 96 valence electrons. The van der Waals surface area contributed by atoms with E-state index < -0.39 is 6.09 Å². The summed E-state index contributed by atoms with van der Waals surface area (Å²) in [5.41, 5.74) is 7.78. The standard InChI is InChI=1S/C14H18N2O2/c1-10(2)18-14(17)16-13-7-6-11(3)9-12(13)5-4-8-15/h6-7,9-10H,8,15H2,1-3H3,(H,16,17). The normalized spacial score (nSPS) is 9.61. The molecular weight excluding hydrogens is 228 g/mol. The lowest BCUT2D eigenvalue weighted by Gasteiger charge is -2.11. The predicted molar refractivity (Wildman–Crippen MR) is 72.4 cm³/mol. The molecule has 0 unspecified atom stereocenters. The second-order valence-electron chi connectivity index (χ2n) is 4.13. The molecule has 0 aromatic heterocycles. The maximum Gasteiger partial charge on any atom is 0.411 e. The van der Waals surface area contributed by atoms with Crippen LogP contribution in [-0.4, -0.2) is 18.7 Å². The van der Waals surface area contributed by atoms with Crippen LogP contribution in [0.2, 0.25) is 0 Å². The third kappa shape index (κ3) is 4.48. The van der Waals surface area contributed by atoms with Crippen molar-refractivity contribution >= 4 is 11.8 Å².